The second-order valence-corrected chi connectivity index (χ2v) is 7.24. The van der Waals surface area contributed by atoms with E-state index < -0.39 is 48.0 Å². The van der Waals surface area contributed by atoms with Gasteiger partial charge in [-0.3, -0.25) is 19.2 Å². The molecule has 158 valence electrons. The highest BCUT2D eigenvalue weighted by molar-refractivity contribution is 7.99. The van der Waals surface area contributed by atoms with Gasteiger partial charge >= 0.3 is 23.9 Å². The summed E-state index contributed by atoms with van der Waals surface area (Å²) in [5.41, 5.74) is 15.6. The van der Waals surface area contributed by atoms with Gasteiger partial charge in [0.1, 0.15) is 24.2 Å². The van der Waals surface area contributed by atoms with E-state index in [0.29, 0.717) is 5.75 Å². The molecular formula is C13H26N4O8S2. The normalized spacial score (nSPS) is 14.8. The van der Waals surface area contributed by atoms with Gasteiger partial charge < -0.3 is 42.9 Å². The molecule has 0 aliphatic carbocycles. The zero-order valence-electron chi connectivity index (χ0n) is 14.6. The molecule has 0 saturated heterocycles. The number of thioether (sulfide) groups is 2. The zero-order valence-corrected chi connectivity index (χ0v) is 16.2. The summed E-state index contributed by atoms with van der Waals surface area (Å²) in [7, 11) is 1.54. The van der Waals surface area contributed by atoms with Gasteiger partial charge in [0.15, 0.2) is 0 Å². The average molecular weight is 431 g/mol. The summed E-state index contributed by atoms with van der Waals surface area (Å²) >= 11 is 2.32. The van der Waals surface area contributed by atoms with Gasteiger partial charge in [0.2, 0.25) is 0 Å². The van der Waals surface area contributed by atoms with E-state index >= 15 is 0 Å². The first-order valence-corrected chi connectivity index (χ1v) is 9.75. The maximum Gasteiger partial charge on any atom is 0.321 e. The van der Waals surface area contributed by atoms with E-state index in [2.05, 4.69) is 5.32 Å². The lowest BCUT2D eigenvalue weighted by Crippen LogP contribution is -2.38. The number of hydrogen-bond acceptors (Lipinski definition) is 10. The molecule has 0 aromatic heterocycles. The van der Waals surface area contributed by atoms with Gasteiger partial charge in [-0.25, -0.2) is 0 Å². The van der Waals surface area contributed by atoms with Crippen molar-refractivity contribution in [2.75, 3.05) is 30.1 Å². The third-order valence-electron chi connectivity index (χ3n) is 2.77. The molecule has 4 atom stereocenters. The lowest BCUT2D eigenvalue weighted by molar-refractivity contribution is -0.139. The molecule has 0 amide bonds. The molecule has 0 aromatic carbocycles. The van der Waals surface area contributed by atoms with Crippen molar-refractivity contribution >= 4 is 47.4 Å². The molecule has 0 aromatic rings. The van der Waals surface area contributed by atoms with E-state index in [-0.39, 0.29) is 17.3 Å². The molecule has 0 heterocycles. The van der Waals surface area contributed by atoms with Crippen molar-refractivity contribution < 1.29 is 39.6 Å². The van der Waals surface area contributed by atoms with Gasteiger partial charge in [0, 0.05) is 23.0 Å². The molecular weight excluding hydrogens is 404 g/mol. The fraction of sp³-hybridized carbons (Fsp3) is 0.692. The number of hydrogen-bond donors (Lipinski definition) is 8. The first kappa shape index (κ1) is 27.6. The summed E-state index contributed by atoms with van der Waals surface area (Å²) < 4.78 is 0. The summed E-state index contributed by atoms with van der Waals surface area (Å²) in [5, 5.41) is 36.4. The van der Waals surface area contributed by atoms with Crippen LogP contribution < -0.4 is 22.5 Å². The molecule has 0 radical (unpaired) electrons. The van der Waals surface area contributed by atoms with Crippen LogP contribution in [0.3, 0.4) is 0 Å². The van der Waals surface area contributed by atoms with Crippen molar-refractivity contribution in [1.82, 2.24) is 5.32 Å². The van der Waals surface area contributed by atoms with Crippen molar-refractivity contribution in [3.05, 3.63) is 0 Å². The largest absolute Gasteiger partial charge is 0.480 e. The minimum absolute atomic E-state index is 0.163. The molecule has 0 saturated carbocycles. The Morgan fingerprint density at radius 3 is 1.22 bits per heavy atom. The summed E-state index contributed by atoms with van der Waals surface area (Å²) in [6.45, 7) is 0. The predicted octanol–water partition coefficient (Wildman–Crippen LogP) is -2.65. The quantitative estimate of drug-likeness (QED) is 0.149. The van der Waals surface area contributed by atoms with E-state index in [1.165, 1.54) is 18.8 Å². The first-order valence-electron chi connectivity index (χ1n) is 7.44. The van der Waals surface area contributed by atoms with Gasteiger partial charge in [-0.05, 0) is 7.05 Å². The van der Waals surface area contributed by atoms with Gasteiger partial charge in [0.05, 0.1) is 0 Å². The van der Waals surface area contributed by atoms with Crippen molar-refractivity contribution in [1.29, 1.82) is 0 Å². The summed E-state index contributed by atoms with van der Waals surface area (Å²) in [4.78, 5) is 41.3. The van der Waals surface area contributed by atoms with E-state index in [1.54, 1.807) is 0 Å². The predicted molar refractivity (Wildman–Crippen MR) is 102 cm³/mol. The van der Waals surface area contributed by atoms with Gasteiger partial charge in [-0.15, -0.1) is 0 Å². The number of nitrogens with one attached hydrogen (secondary N) is 1. The van der Waals surface area contributed by atoms with Gasteiger partial charge in [-0.2, -0.15) is 23.5 Å². The van der Waals surface area contributed by atoms with Crippen LogP contribution in [0.2, 0.25) is 0 Å². The van der Waals surface area contributed by atoms with E-state index in [4.69, 9.17) is 37.6 Å². The maximum atomic E-state index is 10.5. The van der Waals surface area contributed by atoms with Gasteiger partial charge in [-0.1, -0.05) is 0 Å². The molecule has 0 bridgehead atoms. The summed E-state index contributed by atoms with van der Waals surface area (Å²) in [6, 6.07) is -3.54. The van der Waals surface area contributed by atoms with E-state index in [0.717, 1.165) is 11.8 Å². The summed E-state index contributed by atoms with van der Waals surface area (Å²) in [6.07, 6.45) is 0. The third kappa shape index (κ3) is 15.2. The summed E-state index contributed by atoms with van der Waals surface area (Å²) in [5.74, 6) is -3.40. The third-order valence-corrected chi connectivity index (χ3v) is 5.13. The van der Waals surface area contributed by atoms with Gasteiger partial charge in [0.25, 0.3) is 0 Å². The minimum atomic E-state index is -1.10. The number of carboxylic acid groups (broad SMARTS) is 4. The van der Waals surface area contributed by atoms with E-state index in [1.807, 2.05) is 0 Å². The Balaban J connectivity index is 0. The van der Waals surface area contributed by atoms with Crippen LogP contribution >= 0.6 is 23.5 Å². The minimum Gasteiger partial charge on any atom is -0.480 e. The van der Waals surface area contributed by atoms with Crippen molar-refractivity contribution in [2.45, 2.75) is 24.2 Å². The number of carboxylic acids is 4. The maximum absolute atomic E-state index is 10.5. The molecule has 0 rings (SSSR count). The highest BCUT2D eigenvalue weighted by Gasteiger charge is 2.17. The fourth-order valence-electron chi connectivity index (χ4n) is 1.13. The van der Waals surface area contributed by atoms with Crippen LogP contribution in [0.1, 0.15) is 0 Å². The molecule has 4 unspecified atom stereocenters. The highest BCUT2D eigenvalue weighted by atomic mass is 32.2. The number of aliphatic carboxylic acids is 4. The lowest BCUT2D eigenvalue weighted by Gasteiger charge is -2.11. The molecule has 0 aliphatic heterocycles. The van der Waals surface area contributed by atoms with Crippen molar-refractivity contribution in [3.8, 4) is 0 Å². The Morgan fingerprint density at radius 2 is 1.00 bits per heavy atom. The smallest absolute Gasteiger partial charge is 0.321 e. The fourth-order valence-corrected chi connectivity index (χ4v) is 3.13. The van der Waals surface area contributed by atoms with Crippen LogP contribution in [-0.2, 0) is 19.2 Å². The van der Waals surface area contributed by atoms with Crippen LogP contribution in [0.4, 0.5) is 0 Å². The van der Waals surface area contributed by atoms with Crippen molar-refractivity contribution in [2.24, 2.45) is 17.2 Å². The number of rotatable bonds is 13. The standard InChI is InChI=1S/C7H14N2O4S.C6H12N2O4S/c1-9-5(7(12)13)3-14-2-4(8)6(10)11;7-3(5(9)10)1-13-2-4(8)6(11)12/h4-5,9H,2-3,8H2,1H3,(H,10,11)(H,12,13);3-4H,1-2,7-8H2,(H,9,10)(H,11,12). The molecule has 12 nitrogen and oxygen atoms in total. The van der Waals surface area contributed by atoms with Crippen LogP contribution in [-0.4, -0.2) is 98.5 Å². The molecule has 27 heavy (non-hydrogen) atoms. The van der Waals surface area contributed by atoms with Crippen LogP contribution in [0.15, 0.2) is 0 Å². The number of carbonyl (C=O) groups is 4. The Kier molecular flexibility index (Phi) is 15.8. The highest BCUT2D eigenvalue weighted by Crippen LogP contribution is 2.05. The second kappa shape index (κ2) is 15.5. The Hall–Kier alpha value is -1.58. The second-order valence-electron chi connectivity index (χ2n) is 5.09. The SMILES string of the molecule is CNC(CSCC(N)C(=O)O)C(=O)O.NC(CSCC(N)C(=O)O)C(=O)O. The molecule has 0 spiro atoms. The Labute approximate surface area is 164 Å². The first-order chi connectivity index (χ1) is 12.4. The number of likely N-dealkylation sites (N-methyl/N-ethyl adjacent to an activating group) is 1. The van der Waals surface area contributed by atoms with Crippen molar-refractivity contribution in [3.63, 3.8) is 0 Å². The van der Waals surface area contributed by atoms with Crippen LogP contribution in [0.25, 0.3) is 0 Å². The monoisotopic (exact) mass is 430 g/mol. The Morgan fingerprint density at radius 1 is 0.704 bits per heavy atom. The topological polar surface area (TPSA) is 239 Å². The number of nitrogens with two attached hydrogens (primary N) is 3. The van der Waals surface area contributed by atoms with Crippen LogP contribution in [0, 0.1) is 0 Å². The Bertz CT molecular complexity index is 477. The molecule has 0 fully saturated rings. The lowest BCUT2D eigenvalue weighted by atomic mass is 10.3. The molecule has 14 heteroatoms. The van der Waals surface area contributed by atoms with Crippen LogP contribution in [0.5, 0.6) is 0 Å². The molecule has 11 N–H and O–H groups in total. The average Bonchev–Trinajstić information content (AvgIpc) is 2.58. The molecule has 0 aliphatic rings. The zero-order chi connectivity index (χ0) is 21.6. The van der Waals surface area contributed by atoms with E-state index in [9.17, 15) is 19.2 Å².